The number of fused-ring (bicyclic) bond motifs is 9. The van der Waals surface area contributed by atoms with Gasteiger partial charge in [-0.3, -0.25) is 9.80 Å². The Balaban J connectivity index is 1.63. The summed E-state index contributed by atoms with van der Waals surface area (Å²) in [5.74, 6) is 0.619. The Labute approximate surface area is 262 Å². The summed E-state index contributed by atoms with van der Waals surface area (Å²) in [6, 6.07) is -0.121. The predicted octanol–water partition coefficient (Wildman–Crippen LogP) is 5.00. The summed E-state index contributed by atoms with van der Waals surface area (Å²) < 4.78 is 20.6. The highest BCUT2D eigenvalue weighted by Gasteiger charge is 2.61. The molecule has 0 saturated carbocycles. The Morgan fingerprint density at radius 1 is 1.16 bits per heavy atom. The van der Waals surface area contributed by atoms with Crippen LogP contribution in [-0.4, -0.2) is 73.6 Å². The number of benzene rings is 2. The minimum Gasteiger partial charge on any atom is -0.507 e. The van der Waals surface area contributed by atoms with Crippen LogP contribution in [0.1, 0.15) is 64.9 Å². The van der Waals surface area contributed by atoms with Crippen molar-refractivity contribution in [3.8, 4) is 34.8 Å². The van der Waals surface area contributed by atoms with Gasteiger partial charge in [0.1, 0.15) is 24.5 Å². The van der Waals surface area contributed by atoms with E-state index in [1.807, 2.05) is 17.9 Å². The monoisotopic (exact) mass is 653 g/mol. The van der Waals surface area contributed by atoms with Gasteiger partial charge in [0.05, 0.1) is 31.3 Å². The fourth-order valence-electron chi connectivity index (χ4n) is 7.48. The van der Waals surface area contributed by atoms with Gasteiger partial charge >= 0.3 is 6.09 Å². The Morgan fingerprint density at radius 3 is 2.49 bits per heavy atom. The summed E-state index contributed by atoms with van der Waals surface area (Å²) in [4.78, 5) is 17.0. The van der Waals surface area contributed by atoms with E-state index in [1.165, 1.54) is 12.0 Å². The van der Waals surface area contributed by atoms with Crippen molar-refractivity contribution in [1.82, 2.24) is 9.80 Å². The zero-order chi connectivity index (χ0) is 31.1. The van der Waals surface area contributed by atoms with E-state index < -0.39 is 52.8 Å². The molecule has 2 bridgehead atoms. The fraction of sp³-hybridized carbons (Fsp3) is 0.517. The van der Waals surface area contributed by atoms with Gasteiger partial charge in [-0.15, -0.1) is 0 Å². The summed E-state index contributed by atoms with van der Waals surface area (Å²) in [7, 11) is 1.42. The number of aryl methyl sites for hydroxylation is 1. The van der Waals surface area contributed by atoms with Gasteiger partial charge in [0.25, 0.3) is 0 Å². The largest absolute Gasteiger partial charge is 0.507 e. The molecule has 14 heteroatoms. The van der Waals surface area contributed by atoms with Crippen LogP contribution in [0, 0.1) is 25.2 Å². The summed E-state index contributed by atoms with van der Waals surface area (Å²) in [6.07, 6.45) is -1.69. The van der Waals surface area contributed by atoms with Crippen molar-refractivity contribution in [2.24, 2.45) is 0 Å². The Bertz CT molecular complexity index is 1560. The van der Waals surface area contributed by atoms with Crippen LogP contribution >= 0.6 is 34.8 Å². The van der Waals surface area contributed by atoms with Crippen molar-refractivity contribution in [3.05, 3.63) is 39.4 Å². The van der Waals surface area contributed by atoms with Crippen LogP contribution in [0.2, 0.25) is 0 Å². The van der Waals surface area contributed by atoms with E-state index >= 15 is 0 Å². The van der Waals surface area contributed by atoms with Crippen molar-refractivity contribution in [2.45, 2.75) is 73.7 Å². The minimum atomic E-state index is -1.90. The third kappa shape index (κ3) is 4.33. The summed E-state index contributed by atoms with van der Waals surface area (Å²) in [6.45, 7) is 4.74. The van der Waals surface area contributed by atoms with E-state index in [0.29, 0.717) is 45.7 Å². The van der Waals surface area contributed by atoms with Gasteiger partial charge in [-0.1, -0.05) is 47.8 Å². The smallest absolute Gasteiger partial charge is 0.410 e. The lowest BCUT2D eigenvalue weighted by Gasteiger charge is -2.61. The molecule has 4 aliphatic rings. The number of halogens is 3. The normalized spacial score (nSPS) is 27.1. The first-order valence-corrected chi connectivity index (χ1v) is 14.9. The molecule has 3 N–H and O–H groups in total. The average Bonchev–Trinajstić information content (AvgIpc) is 3.44. The van der Waals surface area contributed by atoms with Crippen LogP contribution in [0.15, 0.2) is 6.07 Å². The van der Waals surface area contributed by atoms with Crippen molar-refractivity contribution < 1.29 is 39.1 Å². The molecule has 2 aromatic rings. The number of rotatable bonds is 3. The van der Waals surface area contributed by atoms with Crippen LogP contribution in [0.3, 0.4) is 0 Å². The lowest BCUT2D eigenvalue weighted by Crippen LogP contribution is -2.70. The highest BCUT2D eigenvalue weighted by atomic mass is 35.6. The average molecular weight is 655 g/mol. The molecule has 1 fully saturated rings. The second-order valence-electron chi connectivity index (χ2n) is 11.2. The summed E-state index contributed by atoms with van der Waals surface area (Å²) >= 11 is 17.7. The van der Waals surface area contributed by atoms with E-state index in [4.69, 9.17) is 53.8 Å². The molecule has 0 aromatic heterocycles. The van der Waals surface area contributed by atoms with E-state index in [0.717, 1.165) is 0 Å². The van der Waals surface area contributed by atoms with Gasteiger partial charge in [0, 0.05) is 28.3 Å². The van der Waals surface area contributed by atoms with Crippen LogP contribution in [0.4, 0.5) is 4.79 Å². The van der Waals surface area contributed by atoms with E-state index in [2.05, 4.69) is 6.07 Å². The molecule has 1 saturated heterocycles. The van der Waals surface area contributed by atoms with Crippen LogP contribution in [0.25, 0.3) is 0 Å². The third-order valence-corrected chi connectivity index (χ3v) is 9.33. The summed E-state index contributed by atoms with van der Waals surface area (Å²) in [5.41, 5.74) is 2.82. The number of alkyl halides is 3. The highest BCUT2D eigenvalue weighted by molar-refractivity contribution is 6.67. The number of methoxy groups -OCH3 is 1. The number of hydrogen-bond acceptors (Lipinski definition) is 10. The van der Waals surface area contributed by atoms with Crippen LogP contribution < -0.4 is 14.2 Å². The zero-order valence-corrected chi connectivity index (χ0v) is 26.0. The molecule has 11 nitrogen and oxygen atoms in total. The van der Waals surface area contributed by atoms with Gasteiger partial charge in [-0.25, -0.2) is 4.79 Å². The number of hydrogen-bond donors (Lipinski definition) is 3. The first kappa shape index (κ1) is 30.0. The van der Waals surface area contributed by atoms with Gasteiger partial charge in [-0.05, 0) is 37.8 Å². The number of phenols is 2. The molecule has 230 valence electrons. The molecule has 1 amide bonds. The molecule has 2 aromatic carbocycles. The number of aliphatic hydroxyl groups excluding tert-OH is 1. The molecule has 4 aliphatic heterocycles. The molecule has 43 heavy (non-hydrogen) atoms. The lowest BCUT2D eigenvalue weighted by atomic mass is 9.70. The predicted molar refractivity (Wildman–Crippen MR) is 155 cm³/mol. The first-order valence-electron chi connectivity index (χ1n) is 13.8. The van der Waals surface area contributed by atoms with Crippen molar-refractivity contribution >= 4 is 40.9 Å². The molecule has 6 rings (SSSR count). The molecular formula is C29H30Cl3N3O8. The van der Waals surface area contributed by atoms with Crippen LogP contribution in [0.5, 0.6) is 28.7 Å². The van der Waals surface area contributed by atoms with Gasteiger partial charge in [0.15, 0.2) is 23.0 Å². The Kier molecular flexibility index (Phi) is 7.38. The Morgan fingerprint density at radius 2 is 1.86 bits per heavy atom. The van der Waals surface area contributed by atoms with E-state index in [1.54, 1.807) is 13.8 Å². The minimum absolute atomic E-state index is 0.0574. The number of ether oxygens (including phenoxy) is 4. The number of amides is 1. The van der Waals surface area contributed by atoms with Gasteiger partial charge in [-0.2, -0.15) is 5.26 Å². The third-order valence-electron chi connectivity index (χ3n) is 9.00. The Hall–Kier alpha value is -3.01. The fourth-order valence-corrected chi connectivity index (χ4v) is 7.64. The zero-order valence-electron chi connectivity index (χ0n) is 23.7. The number of aromatic hydroxyl groups is 2. The van der Waals surface area contributed by atoms with Crippen molar-refractivity contribution in [2.75, 3.05) is 20.5 Å². The summed E-state index contributed by atoms with van der Waals surface area (Å²) in [5, 5.41) is 46.0. The molecule has 0 spiro atoms. The second-order valence-corrected chi connectivity index (χ2v) is 13.7. The second kappa shape index (κ2) is 10.6. The maximum Gasteiger partial charge on any atom is 0.410 e. The van der Waals surface area contributed by atoms with Crippen molar-refractivity contribution in [3.63, 3.8) is 0 Å². The quantitative estimate of drug-likeness (QED) is 0.387. The van der Waals surface area contributed by atoms with Gasteiger partial charge in [0.2, 0.25) is 10.6 Å². The maximum atomic E-state index is 13.8. The van der Waals surface area contributed by atoms with E-state index in [9.17, 15) is 25.4 Å². The number of nitrogens with zero attached hydrogens (tertiary/aromatic N) is 3. The standard InChI is InChI=1S/C29H30Cl3N3O8/c1-5-14-18-19(22(36)12(3)26-27(18)43-10-42-26)23(37)21-20-17-13(6-11(2)25(40-4)24(17)38)7-15(16(8-33)34(14)21)35(20)28(39)41-9-29(30,31)32/h6,14-16,20-21,23,36-38H,5,7,9-10H2,1-4H3/t14-,15?,16-,20?,21?,23-/m0/s1. The SMILES string of the molecule is CC[C@H]1c2c3c(c(C)c(O)c2[C@H](O)C2C4c5c(cc(C)c(OC)c5O)CC([C@H](C#N)N21)N4C(=O)OCC(Cl)(Cl)Cl)OCO3. The number of nitriles is 1. The highest BCUT2D eigenvalue weighted by Crippen LogP contribution is 2.61. The molecule has 0 radical (unpaired) electrons. The number of carbonyl (C=O) groups is 1. The molecular weight excluding hydrogens is 625 g/mol. The van der Waals surface area contributed by atoms with Crippen molar-refractivity contribution in [1.29, 1.82) is 5.26 Å². The molecule has 0 aliphatic carbocycles. The number of carbonyl (C=O) groups excluding carboxylic acids is 1. The topological polar surface area (TPSA) is 145 Å². The number of aliphatic hydroxyl groups is 1. The molecule has 3 unspecified atom stereocenters. The first-order chi connectivity index (χ1) is 20.4. The molecule has 6 atom stereocenters. The van der Waals surface area contributed by atoms with Crippen LogP contribution in [-0.2, 0) is 11.2 Å². The molecule has 4 heterocycles. The maximum absolute atomic E-state index is 13.8. The number of piperazine rings is 1. The van der Waals surface area contributed by atoms with Gasteiger partial charge < -0.3 is 34.3 Å². The van der Waals surface area contributed by atoms with E-state index in [-0.39, 0.29) is 36.0 Å². The lowest BCUT2D eigenvalue weighted by molar-refractivity contribution is -0.120. The number of phenolic OH excluding ortho intramolecular Hbond substituents is 2.